The Morgan fingerprint density at radius 1 is 1.33 bits per heavy atom. The van der Waals surface area contributed by atoms with Gasteiger partial charge in [-0.25, -0.2) is 0 Å². The van der Waals surface area contributed by atoms with E-state index in [1.165, 1.54) is 19.3 Å². The van der Waals surface area contributed by atoms with Crippen LogP contribution in [0.3, 0.4) is 0 Å². The van der Waals surface area contributed by atoms with Gasteiger partial charge >= 0.3 is 0 Å². The molecule has 2 N–H and O–H groups in total. The van der Waals surface area contributed by atoms with Crippen molar-refractivity contribution in [1.29, 1.82) is 0 Å². The molecule has 2 nitrogen and oxygen atoms in total. The summed E-state index contributed by atoms with van der Waals surface area (Å²) in [5.41, 5.74) is 6.11. The van der Waals surface area contributed by atoms with Crippen LogP contribution in [-0.4, -0.2) is 19.3 Å². The van der Waals surface area contributed by atoms with Crippen molar-refractivity contribution in [1.82, 2.24) is 0 Å². The second-order valence-corrected chi connectivity index (χ2v) is 4.21. The SMILES string of the molecule is COC(C(C)C)C(N)C1CCC1. The lowest BCUT2D eigenvalue weighted by Gasteiger charge is -2.37. The molecular weight excluding hydrogens is 150 g/mol. The van der Waals surface area contributed by atoms with Crippen molar-refractivity contribution < 1.29 is 4.74 Å². The van der Waals surface area contributed by atoms with Crippen molar-refractivity contribution >= 4 is 0 Å². The van der Waals surface area contributed by atoms with Gasteiger partial charge in [0.25, 0.3) is 0 Å². The molecule has 1 rings (SSSR count). The summed E-state index contributed by atoms with van der Waals surface area (Å²) >= 11 is 0. The number of ether oxygens (including phenoxy) is 1. The van der Waals surface area contributed by atoms with Crippen molar-refractivity contribution in [2.75, 3.05) is 7.11 Å². The molecule has 0 heterocycles. The molecule has 72 valence electrons. The lowest BCUT2D eigenvalue weighted by molar-refractivity contribution is 0.0143. The average molecular weight is 171 g/mol. The normalized spacial score (nSPS) is 23.8. The molecule has 0 radical (unpaired) electrons. The van der Waals surface area contributed by atoms with Crippen LogP contribution in [0.4, 0.5) is 0 Å². The van der Waals surface area contributed by atoms with E-state index in [0.717, 1.165) is 5.92 Å². The van der Waals surface area contributed by atoms with Gasteiger partial charge in [0, 0.05) is 13.2 Å². The van der Waals surface area contributed by atoms with Gasteiger partial charge in [-0.3, -0.25) is 0 Å². The molecule has 0 aromatic heterocycles. The second kappa shape index (κ2) is 4.24. The zero-order valence-corrected chi connectivity index (χ0v) is 8.42. The van der Waals surface area contributed by atoms with Crippen LogP contribution in [0.25, 0.3) is 0 Å². The summed E-state index contributed by atoms with van der Waals surface area (Å²) in [5, 5.41) is 0. The lowest BCUT2D eigenvalue weighted by Crippen LogP contribution is -2.47. The zero-order valence-electron chi connectivity index (χ0n) is 8.42. The van der Waals surface area contributed by atoms with Gasteiger partial charge < -0.3 is 10.5 Å². The summed E-state index contributed by atoms with van der Waals surface area (Å²) in [5.74, 6) is 1.25. The Bertz CT molecular complexity index is 132. The summed E-state index contributed by atoms with van der Waals surface area (Å²) < 4.78 is 5.41. The fourth-order valence-electron chi connectivity index (χ4n) is 1.97. The van der Waals surface area contributed by atoms with E-state index in [-0.39, 0.29) is 12.1 Å². The number of methoxy groups -OCH3 is 1. The van der Waals surface area contributed by atoms with Crippen LogP contribution >= 0.6 is 0 Å². The van der Waals surface area contributed by atoms with Crippen LogP contribution < -0.4 is 5.73 Å². The Hall–Kier alpha value is -0.0800. The Balaban J connectivity index is 2.40. The average Bonchev–Trinajstić information content (AvgIpc) is 1.83. The molecule has 0 saturated heterocycles. The van der Waals surface area contributed by atoms with Gasteiger partial charge in [-0.1, -0.05) is 20.3 Å². The van der Waals surface area contributed by atoms with E-state index in [2.05, 4.69) is 13.8 Å². The summed E-state index contributed by atoms with van der Waals surface area (Å²) in [6, 6.07) is 0.253. The van der Waals surface area contributed by atoms with Crippen molar-refractivity contribution in [2.45, 2.75) is 45.3 Å². The molecule has 2 atom stereocenters. The highest BCUT2D eigenvalue weighted by molar-refractivity contribution is 4.87. The van der Waals surface area contributed by atoms with Crippen LogP contribution in [0, 0.1) is 11.8 Å². The summed E-state index contributed by atoms with van der Waals surface area (Å²) in [4.78, 5) is 0. The fraction of sp³-hybridized carbons (Fsp3) is 1.00. The first-order valence-electron chi connectivity index (χ1n) is 4.95. The third kappa shape index (κ3) is 1.99. The molecule has 0 amide bonds. The molecule has 1 fully saturated rings. The molecule has 0 aliphatic heterocycles. The maximum atomic E-state index is 6.11. The first-order chi connectivity index (χ1) is 5.66. The van der Waals surface area contributed by atoms with E-state index in [1.54, 1.807) is 7.11 Å². The monoisotopic (exact) mass is 171 g/mol. The second-order valence-electron chi connectivity index (χ2n) is 4.21. The highest BCUT2D eigenvalue weighted by Crippen LogP contribution is 2.31. The molecular formula is C10H21NO. The van der Waals surface area contributed by atoms with Gasteiger partial charge in [0.05, 0.1) is 6.10 Å². The molecule has 1 aliphatic rings. The summed E-state index contributed by atoms with van der Waals surface area (Å²) in [6.07, 6.45) is 4.20. The van der Waals surface area contributed by atoms with Crippen molar-refractivity contribution in [2.24, 2.45) is 17.6 Å². The summed E-state index contributed by atoms with van der Waals surface area (Å²) in [6.45, 7) is 4.35. The third-order valence-electron chi connectivity index (χ3n) is 3.00. The van der Waals surface area contributed by atoms with Gasteiger partial charge in [0.1, 0.15) is 0 Å². The van der Waals surface area contributed by atoms with Gasteiger partial charge in [-0.2, -0.15) is 0 Å². The van der Waals surface area contributed by atoms with Crippen LogP contribution in [-0.2, 0) is 4.74 Å². The zero-order chi connectivity index (χ0) is 9.14. The largest absolute Gasteiger partial charge is 0.380 e. The highest BCUT2D eigenvalue weighted by atomic mass is 16.5. The van der Waals surface area contributed by atoms with Gasteiger partial charge in [-0.15, -0.1) is 0 Å². The molecule has 0 aromatic carbocycles. The van der Waals surface area contributed by atoms with E-state index < -0.39 is 0 Å². The molecule has 2 heteroatoms. The van der Waals surface area contributed by atoms with Crippen molar-refractivity contribution in [3.05, 3.63) is 0 Å². The first-order valence-corrected chi connectivity index (χ1v) is 4.95. The Morgan fingerprint density at radius 3 is 2.17 bits per heavy atom. The number of hydrogen-bond acceptors (Lipinski definition) is 2. The predicted octanol–water partition coefficient (Wildman–Crippen LogP) is 1.78. The van der Waals surface area contributed by atoms with E-state index in [0.29, 0.717) is 5.92 Å². The lowest BCUT2D eigenvalue weighted by atomic mass is 9.76. The molecule has 1 aliphatic carbocycles. The number of rotatable bonds is 4. The van der Waals surface area contributed by atoms with E-state index >= 15 is 0 Å². The van der Waals surface area contributed by atoms with E-state index in [4.69, 9.17) is 10.5 Å². The molecule has 12 heavy (non-hydrogen) atoms. The minimum atomic E-state index is 0.246. The van der Waals surface area contributed by atoms with Crippen LogP contribution in [0.1, 0.15) is 33.1 Å². The van der Waals surface area contributed by atoms with E-state index in [1.807, 2.05) is 0 Å². The van der Waals surface area contributed by atoms with Gasteiger partial charge in [-0.05, 0) is 24.7 Å². The smallest absolute Gasteiger partial charge is 0.0747 e. The molecule has 0 aromatic rings. The molecule has 2 unspecified atom stereocenters. The summed E-state index contributed by atoms with van der Waals surface area (Å²) in [7, 11) is 1.77. The van der Waals surface area contributed by atoms with E-state index in [9.17, 15) is 0 Å². The standard InChI is InChI=1S/C10H21NO/c1-7(2)10(12-3)9(11)8-5-4-6-8/h7-10H,4-6,11H2,1-3H3. The van der Waals surface area contributed by atoms with Gasteiger partial charge in [0.2, 0.25) is 0 Å². The number of nitrogens with two attached hydrogens (primary N) is 1. The Labute approximate surface area is 75.5 Å². The van der Waals surface area contributed by atoms with Crippen LogP contribution in [0.5, 0.6) is 0 Å². The predicted molar refractivity (Wildman–Crippen MR) is 51.0 cm³/mol. The molecule has 1 saturated carbocycles. The molecule has 0 bridgehead atoms. The maximum Gasteiger partial charge on any atom is 0.0747 e. The molecule has 0 spiro atoms. The van der Waals surface area contributed by atoms with Crippen molar-refractivity contribution in [3.63, 3.8) is 0 Å². The first kappa shape index (κ1) is 10.0. The highest BCUT2D eigenvalue weighted by Gasteiger charge is 2.31. The minimum Gasteiger partial charge on any atom is -0.380 e. The Kier molecular flexibility index (Phi) is 3.53. The number of hydrogen-bond donors (Lipinski definition) is 1. The topological polar surface area (TPSA) is 35.2 Å². The van der Waals surface area contributed by atoms with Crippen molar-refractivity contribution in [3.8, 4) is 0 Å². The fourth-order valence-corrected chi connectivity index (χ4v) is 1.97. The third-order valence-corrected chi connectivity index (χ3v) is 3.00. The maximum absolute atomic E-state index is 6.11. The van der Waals surface area contributed by atoms with Gasteiger partial charge in [0.15, 0.2) is 0 Å². The quantitative estimate of drug-likeness (QED) is 0.700. The minimum absolute atomic E-state index is 0.246. The Morgan fingerprint density at radius 2 is 1.92 bits per heavy atom. The van der Waals surface area contributed by atoms with Crippen LogP contribution in [0.15, 0.2) is 0 Å². The van der Waals surface area contributed by atoms with Crippen LogP contribution in [0.2, 0.25) is 0 Å².